The number of hydrogen-bond donors (Lipinski definition) is 2. The van der Waals surface area contributed by atoms with Crippen LogP contribution in [0.3, 0.4) is 0 Å². The molecule has 0 saturated carbocycles. The molecule has 0 bridgehead atoms. The molecule has 2 aromatic rings. The zero-order valence-electron chi connectivity index (χ0n) is 25.5. The van der Waals surface area contributed by atoms with Crippen LogP contribution in [0.25, 0.3) is 0 Å². The van der Waals surface area contributed by atoms with Gasteiger partial charge in [-0.1, -0.05) is 51.7 Å². The molecule has 3 amide bonds. The molecule has 0 radical (unpaired) electrons. The second-order valence-electron chi connectivity index (χ2n) is 11.5. The Hall–Kier alpha value is -3.99. The van der Waals surface area contributed by atoms with Crippen LogP contribution in [0.4, 0.5) is 10.5 Å². The number of carbonyl (C=O) groups excluding carboxylic acids is 3. The normalized spacial score (nSPS) is 12.6. The Kier molecular flexibility index (Phi) is 12.7. The van der Waals surface area contributed by atoms with Crippen LogP contribution in [-0.2, 0) is 14.3 Å². The summed E-state index contributed by atoms with van der Waals surface area (Å²) in [4.78, 5) is 42.6. The fraction of sp³-hybridized carbons (Fsp3) is 0.485. The van der Waals surface area contributed by atoms with Crippen LogP contribution in [0, 0.1) is 18.3 Å². The van der Waals surface area contributed by atoms with Gasteiger partial charge in [0.25, 0.3) is 5.91 Å². The van der Waals surface area contributed by atoms with Gasteiger partial charge in [-0.05, 0) is 81.5 Å². The molecule has 8 nitrogen and oxygen atoms in total. The van der Waals surface area contributed by atoms with E-state index in [9.17, 15) is 14.4 Å². The maximum Gasteiger partial charge on any atom is 0.408 e. The Morgan fingerprint density at radius 1 is 1.00 bits per heavy atom. The fourth-order valence-electron chi connectivity index (χ4n) is 4.36. The van der Waals surface area contributed by atoms with E-state index in [4.69, 9.17) is 15.9 Å². The third-order valence-electron chi connectivity index (χ3n) is 6.29. The number of terminal acetylenes is 1. The van der Waals surface area contributed by atoms with Crippen LogP contribution in [0.1, 0.15) is 84.4 Å². The number of hydrogen-bond acceptors (Lipinski definition) is 5. The number of ether oxygens (including phenoxy) is 2. The average molecular weight is 564 g/mol. The van der Waals surface area contributed by atoms with Crippen LogP contribution >= 0.6 is 0 Å². The summed E-state index contributed by atoms with van der Waals surface area (Å²) >= 11 is 0. The highest BCUT2D eigenvalue weighted by Gasteiger charge is 2.36. The van der Waals surface area contributed by atoms with Gasteiger partial charge in [0, 0.05) is 17.8 Å². The second-order valence-corrected chi connectivity index (χ2v) is 11.5. The lowest BCUT2D eigenvalue weighted by Gasteiger charge is -2.35. The van der Waals surface area contributed by atoms with Crippen molar-refractivity contribution in [2.24, 2.45) is 5.92 Å². The van der Waals surface area contributed by atoms with E-state index in [0.29, 0.717) is 42.0 Å². The van der Waals surface area contributed by atoms with E-state index < -0.39 is 23.8 Å². The second kappa shape index (κ2) is 15.7. The Bertz CT molecular complexity index is 1180. The summed E-state index contributed by atoms with van der Waals surface area (Å²) in [6.45, 7) is 11.7. The molecule has 2 aromatic carbocycles. The molecule has 0 fully saturated rings. The van der Waals surface area contributed by atoms with Crippen molar-refractivity contribution in [1.29, 1.82) is 0 Å². The minimum Gasteiger partial charge on any atom is -0.497 e. The molecule has 0 aromatic heterocycles. The lowest BCUT2D eigenvalue weighted by Crippen LogP contribution is -2.53. The van der Waals surface area contributed by atoms with Crippen molar-refractivity contribution < 1.29 is 23.9 Å². The van der Waals surface area contributed by atoms with E-state index >= 15 is 0 Å². The molecule has 8 heteroatoms. The first-order chi connectivity index (χ1) is 19.4. The molecule has 0 saturated heterocycles. The van der Waals surface area contributed by atoms with Gasteiger partial charge in [0.15, 0.2) is 0 Å². The lowest BCUT2D eigenvalue weighted by molar-refractivity contribution is -0.141. The van der Waals surface area contributed by atoms with Gasteiger partial charge >= 0.3 is 6.09 Å². The molecule has 2 atom stereocenters. The van der Waals surface area contributed by atoms with Crippen LogP contribution in [-0.4, -0.2) is 48.1 Å². The summed E-state index contributed by atoms with van der Waals surface area (Å²) < 4.78 is 10.7. The molecule has 2 N–H and O–H groups in total. The topological polar surface area (TPSA) is 97.0 Å². The van der Waals surface area contributed by atoms with Crippen LogP contribution in [0.2, 0.25) is 0 Å². The van der Waals surface area contributed by atoms with Crippen LogP contribution in [0.5, 0.6) is 5.75 Å². The largest absolute Gasteiger partial charge is 0.497 e. The minimum atomic E-state index is -0.969. The number of carbonyl (C=O) groups is 3. The quantitative estimate of drug-likeness (QED) is 0.220. The zero-order chi connectivity index (χ0) is 30.6. The third-order valence-corrected chi connectivity index (χ3v) is 6.29. The molecule has 0 aliphatic carbocycles. The molecule has 2 unspecified atom stereocenters. The SMILES string of the molecule is C#Cc1ccc(C(C(=O)Nc2ccc(OC)cc2)N(CCCCC)C(=O)C(CC(C)C)NC(=O)OC(C)(C)C)cc1. The number of methoxy groups -OCH3 is 1. The Labute approximate surface area is 245 Å². The van der Waals surface area contributed by atoms with Gasteiger partial charge in [-0.2, -0.15) is 0 Å². The summed E-state index contributed by atoms with van der Waals surface area (Å²) in [5.41, 5.74) is 1.11. The average Bonchev–Trinajstić information content (AvgIpc) is 2.91. The number of rotatable bonds is 13. The predicted molar refractivity (Wildman–Crippen MR) is 163 cm³/mol. The first-order valence-electron chi connectivity index (χ1n) is 14.2. The lowest BCUT2D eigenvalue weighted by atomic mass is 9.98. The van der Waals surface area contributed by atoms with Gasteiger partial charge in [0.2, 0.25) is 5.91 Å². The molecular weight excluding hydrogens is 518 g/mol. The highest BCUT2D eigenvalue weighted by atomic mass is 16.6. The van der Waals surface area contributed by atoms with Crippen molar-refractivity contribution in [1.82, 2.24) is 10.2 Å². The minimum absolute atomic E-state index is 0.0952. The van der Waals surface area contributed by atoms with Gasteiger partial charge in [-0.3, -0.25) is 9.59 Å². The van der Waals surface area contributed by atoms with E-state index in [1.54, 1.807) is 81.3 Å². The standard InChI is InChI=1S/C33H45N3O5/c1-9-11-12-21-36(31(38)28(22-23(3)4)35-32(39)41-33(5,6)7)29(25-15-13-24(10-2)14-16-25)30(37)34-26-17-19-27(40-8)20-18-26/h2,13-20,23,28-29H,9,11-12,21-22H2,1,3-8H3,(H,34,37)(H,35,39). The number of nitrogens with one attached hydrogen (secondary N) is 2. The van der Waals surface area contributed by atoms with E-state index in [1.165, 1.54) is 0 Å². The van der Waals surface area contributed by atoms with Gasteiger partial charge < -0.3 is 25.0 Å². The molecule has 0 aliphatic heterocycles. The fourth-order valence-corrected chi connectivity index (χ4v) is 4.36. The van der Waals surface area contributed by atoms with Crippen molar-refractivity contribution in [3.63, 3.8) is 0 Å². The van der Waals surface area contributed by atoms with Crippen molar-refractivity contribution in [2.45, 2.75) is 84.9 Å². The maximum atomic E-state index is 14.3. The molecule has 2 rings (SSSR count). The third kappa shape index (κ3) is 10.8. The highest BCUT2D eigenvalue weighted by molar-refractivity contribution is 5.99. The summed E-state index contributed by atoms with van der Waals surface area (Å²) in [5, 5.41) is 5.73. The molecule has 41 heavy (non-hydrogen) atoms. The number of alkyl carbamates (subject to hydrolysis) is 1. The first-order valence-corrected chi connectivity index (χ1v) is 14.2. The number of nitrogens with zero attached hydrogens (tertiary/aromatic N) is 1. The zero-order valence-corrected chi connectivity index (χ0v) is 25.5. The van der Waals surface area contributed by atoms with Gasteiger partial charge in [-0.25, -0.2) is 4.79 Å². The summed E-state index contributed by atoms with van der Waals surface area (Å²) in [5.74, 6) is 2.61. The molecule has 222 valence electrons. The first kappa shape index (κ1) is 33.2. The van der Waals surface area contributed by atoms with E-state index in [0.717, 1.165) is 12.8 Å². The number of amides is 3. The number of unbranched alkanes of at least 4 members (excludes halogenated alkanes) is 2. The number of anilines is 1. The summed E-state index contributed by atoms with van der Waals surface area (Å²) in [6, 6.07) is 12.2. The van der Waals surface area contributed by atoms with Gasteiger partial charge in [0.05, 0.1) is 7.11 Å². The van der Waals surface area contributed by atoms with Crippen molar-refractivity contribution >= 4 is 23.6 Å². The highest BCUT2D eigenvalue weighted by Crippen LogP contribution is 2.27. The van der Waals surface area contributed by atoms with E-state index in [-0.39, 0.29) is 17.7 Å². The van der Waals surface area contributed by atoms with Crippen molar-refractivity contribution in [3.05, 3.63) is 59.7 Å². The summed E-state index contributed by atoms with van der Waals surface area (Å²) in [6.07, 6.45) is 7.78. The molecule has 0 heterocycles. The van der Waals surface area contributed by atoms with Gasteiger partial charge in [0.1, 0.15) is 23.4 Å². The maximum absolute atomic E-state index is 14.3. The van der Waals surface area contributed by atoms with E-state index in [2.05, 4.69) is 23.5 Å². The molecule has 0 aliphatic rings. The van der Waals surface area contributed by atoms with E-state index in [1.807, 2.05) is 13.8 Å². The molecule has 0 spiro atoms. The van der Waals surface area contributed by atoms with Crippen molar-refractivity contribution in [3.8, 4) is 18.1 Å². The smallest absolute Gasteiger partial charge is 0.408 e. The molecular formula is C33H45N3O5. The van der Waals surface area contributed by atoms with Crippen LogP contribution < -0.4 is 15.4 Å². The Morgan fingerprint density at radius 2 is 1.63 bits per heavy atom. The Balaban J connectivity index is 2.54. The van der Waals surface area contributed by atoms with Gasteiger partial charge in [-0.15, -0.1) is 6.42 Å². The van der Waals surface area contributed by atoms with Crippen molar-refractivity contribution in [2.75, 3.05) is 19.0 Å². The monoisotopic (exact) mass is 563 g/mol. The summed E-state index contributed by atoms with van der Waals surface area (Å²) in [7, 11) is 1.57. The predicted octanol–water partition coefficient (Wildman–Crippen LogP) is 6.31. The van der Waals surface area contributed by atoms with Crippen LogP contribution in [0.15, 0.2) is 48.5 Å². The number of benzene rings is 2. The Morgan fingerprint density at radius 3 is 2.15 bits per heavy atom.